The number of halogens is 1. The first kappa shape index (κ1) is 10.9. The van der Waals surface area contributed by atoms with E-state index in [-0.39, 0.29) is 11.0 Å². The van der Waals surface area contributed by atoms with Crippen molar-refractivity contribution in [2.75, 3.05) is 5.73 Å². The first-order valence-corrected chi connectivity index (χ1v) is 5.49. The third kappa shape index (κ3) is 2.49. The molecule has 5 heteroatoms. The van der Waals surface area contributed by atoms with Crippen molar-refractivity contribution in [2.45, 2.75) is 16.8 Å². The molecule has 1 aromatic heterocycles. The summed E-state index contributed by atoms with van der Waals surface area (Å²) in [7, 11) is 0. The van der Waals surface area contributed by atoms with Crippen LogP contribution in [0.1, 0.15) is 5.56 Å². The maximum absolute atomic E-state index is 13.4. The van der Waals surface area contributed by atoms with Crippen molar-refractivity contribution in [3.05, 3.63) is 41.8 Å². The molecular formula is C11H10FN3S. The molecule has 0 spiro atoms. The van der Waals surface area contributed by atoms with Gasteiger partial charge < -0.3 is 5.73 Å². The van der Waals surface area contributed by atoms with Gasteiger partial charge in [0.15, 0.2) is 5.82 Å². The molecule has 0 radical (unpaired) electrons. The normalized spacial score (nSPS) is 10.4. The van der Waals surface area contributed by atoms with E-state index in [4.69, 9.17) is 5.73 Å². The number of aryl methyl sites for hydroxylation is 1. The molecule has 2 aromatic rings. The molecule has 0 fully saturated rings. The van der Waals surface area contributed by atoms with E-state index in [2.05, 4.69) is 9.97 Å². The van der Waals surface area contributed by atoms with Gasteiger partial charge in [-0.25, -0.2) is 14.4 Å². The van der Waals surface area contributed by atoms with Crippen molar-refractivity contribution < 1.29 is 4.39 Å². The van der Waals surface area contributed by atoms with Gasteiger partial charge in [0.25, 0.3) is 0 Å². The van der Waals surface area contributed by atoms with E-state index in [0.717, 1.165) is 16.7 Å². The number of nitrogens with two attached hydrogens (primary N) is 1. The Hall–Kier alpha value is -1.62. The van der Waals surface area contributed by atoms with Crippen molar-refractivity contribution in [1.82, 2.24) is 9.97 Å². The second-order valence-corrected chi connectivity index (χ2v) is 4.36. The van der Waals surface area contributed by atoms with Crippen LogP contribution >= 0.6 is 11.8 Å². The van der Waals surface area contributed by atoms with Crippen molar-refractivity contribution in [3.8, 4) is 0 Å². The predicted octanol–water partition coefficient (Wildman–Crippen LogP) is 2.66. The van der Waals surface area contributed by atoms with Crippen molar-refractivity contribution >= 4 is 17.7 Å². The molecule has 0 saturated heterocycles. The fourth-order valence-corrected chi connectivity index (χ4v) is 2.13. The summed E-state index contributed by atoms with van der Waals surface area (Å²) >= 11 is 1.24. The molecule has 3 nitrogen and oxygen atoms in total. The molecule has 0 unspecified atom stereocenters. The summed E-state index contributed by atoms with van der Waals surface area (Å²) in [5, 5.41) is 0.248. The van der Waals surface area contributed by atoms with Crippen LogP contribution in [0.4, 0.5) is 10.3 Å². The molecule has 0 aliphatic carbocycles. The number of nitrogen functional groups attached to an aromatic ring is 1. The lowest BCUT2D eigenvalue weighted by Crippen LogP contribution is -1.97. The van der Waals surface area contributed by atoms with Gasteiger partial charge in [-0.2, -0.15) is 0 Å². The van der Waals surface area contributed by atoms with Gasteiger partial charge in [-0.15, -0.1) is 0 Å². The molecule has 0 atom stereocenters. The molecule has 2 rings (SSSR count). The van der Waals surface area contributed by atoms with Crippen LogP contribution in [0.5, 0.6) is 0 Å². The number of hydrogen-bond acceptors (Lipinski definition) is 4. The maximum atomic E-state index is 13.4. The van der Waals surface area contributed by atoms with Crippen LogP contribution < -0.4 is 5.73 Å². The molecular weight excluding hydrogens is 225 g/mol. The Morgan fingerprint density at radius 2 is 2.19 bits per heavy atom. The van der Waals surface area contributed by atoms with E-state index < -0.39 is 5.82 Å². The average Bonchev–Trinajstić information content (AvgIpc) is 2.24. The number of hydrogen-bond donors (Lipinski definition) is 1. The standard InChI is InChI=1S/C11H10FN3S/c1-7-3-2-4-8(5-7)16-10-9(12)6-14-11(13)15-10/h2-6H,1H3,(H2,13,14,15). The van der Waals surface area contributed by atoms with Crippen LogP contribution in [0.25, 0.3) is 0 Å². The highest BCUT2D eigenvalue weighted by Gasteiger charge is 2.07. The Balaban J connectivity index is 2.30. The quantitative estimate of drug-likeness (QED) is 0.813. The van der Waals surface area contributed by atoms with Crippen LogP contribution in [0.15, 0.2) is 40.4 Å². The van der Waals surface area contributed by atoms with E-state index in [9.17, 15) is 4.39 Å². The molecule has 0 aliphatic rings. The van der Waals surface area contributed by atoms with E-state index in [1.807, 2.05) is 31.2 Å². The monoisotopic (exact) mass is 235 g/mol. The highest BCUT2D eigenvalue weighted by molar-refractivity contribution is 7.99. The van der Waals surface area contributed by atoms with Crippen LogP contribution in [-0.4, -0.2) is 9.97 Å². The van der Waals surface area contributed by atoms with E-state index in [0.29, 0.717) is 0 Å². The lowest BCUT2D eigenvalue weighted by atomic mass is 10.2. The van der Waals surface area contributed by atoms with Crippen LogP contribution in [0.3, 0.4) is 0 Å². The third-order valence-electron chi connectivity index (χ3n) is 1.93. The van der Waals surface area contributed by atoms with Crippen molar-refractivity contribution in [1.29, 1.82) is 0 Å². The molecule has 0 aliphatic heterocycles. The molecule has 16 heavy (non-hydrogen) atoms. The lowest BCUT2D eigenvalue weighted by molar-refractivity contribution is 0.580. The highest BCUT2D eigenvalue weighted by Crippen LogP contribution is 2.28. The number of benzene rings is 1. The SMILES string of the molecule is Cc1cccc(Sc2nc(N)ncc2F)c1. The lowest BCUT2D eigenvalue weighted by Gasteiger charge is -2.03. The first-order valence-electron chi connectivity index (χ1n) is 4.67. The molecule has 0 saturated carbocycles. The largest absolute Gasteiger partial charge is 0.368 e. The minimum Gasteiger partial charge on any atom is -0.368 e. The molecule has 1 heterocycles. The number of nitrogens with zero attached hydrogens (tertiary/aromatic N) is 2. The number of anilines is 1. The van der Waals surface area contributed by atoms with E-state index in [1.54, 1.807) is 0 Å². The molecule has 1 aromatic carbocycles. The van der Waals surface area contributed by atoms with E-state index >= 15 is 0 Å². The minimum absolute atomic E-state index is 0.0801. The smallest absolute Gasteiger partial charge is 0.221 e. The third-order valence-corrected chi connectivity index (χ3v) is 2.90. The van der Waals surface area contributed by atoms with Gasteiger partial charge in [-0.05, 0) is 19.1 Å². The van der Waals surface area contributed by atoms with Gasteiger partial charge in [0, 0.05) is 4.90 Å². The minimum atomic E-state index is -0.458. The summed E-state index contributed by atoms with van der Waals surface area (Å²) in [5.74, 6) is -0.378. The second-order valence-electron chi connectivity index (χ2n) is 3.30. The summed E-state index contributed by atoms with van der Waals surface area (Å²) < 4.78 is 13.4. The summed E-state index contributed by atoms with van der Waals surface area (Å²) in [6.07, 6.45) is 1.08. The Bertz CT molecular complexity index is 516. The molecule has 0 amide bonds. The summed E-state index contributed by atoms with van der Waals surface area (Å²) in [5.41, 5.74) is 6.53. The highest BCUT2D eigenvalue weighted by atomic mass is 32.2. The van der Waals surface area contributed by atoms with E-state index in [1.165, 1.54) is 11.8 Å². The molecule has 2 N–H and O–H groups in total. The second kappa shape index (κ2) is 4.49. The van der Waals surface area contributed by atoms with Crippen LogP contribution in [0.2, 0.25) is 0 Å². The Labute approximate surface area is 96.9 Å². The number of rotatable bonds is 2. The fourth-order valence-electron chi connectivity index (χ4n) is 1.23. The first-order chi connectivity index (χ1) is 7.65. The Morgan fingerprint density at radius 1 is 1.38 bits per heavy atom. The van der Waals surface area contributed by atoms with Crippen molar-refractivity contribution in [2.24, 2.45) is 0 Å². The zero-order valence-corrected chi connectivity index (χ0v) is 9.46. The Kier molecular flexibility index (Phi) is 3.05. The summed E-state index contributed by atoms with van der Waals surface area (Å²) in [4.78, 5) is 8.36. The van der Waals surface area contributed by atoms with Gasteiger partial charge >= 0.3 is 0 Å². The van der Waals surface area contributed by atoms with Gasteiger partial charge in [-0.3, -0.25) is 0 Å². The van der Waals surface area contributed by atoms with Crippen LogP contribution in [-0.2, 0) is 0 Å². The van der Waals surface area contributed by atoms with Gasteiger partial charge in [0.1, 0.15) is 5.03 Å². The molecule has 82 valence electrons. The van der Waals surface area contributed by atoms with Crippen LogP contribution in [0, 0.1) is 12.7 Å². The maximum Gasteiger partial charge on any atom is 0.221 e. The summed E-state index contributed by atoms with van der Waals surface area (Å²) in [6.45, 7) is 1.98. The van der Waals surface area contributed by atoms with Crippen molar-refractivity contribution in [3.63, 3.8) is 0 Å². The van der Waals surface area contributed by atoms with Gasteiger partial charge in [-0.1, -0.05) is 29.5 Å². The molecule has 0 bridgehead atoms. The average molecular weight is 235 g/mol. The summed E-state index contributed by atoms with van der Waals surface area (Å²) in [6, 6.07) is 7.76. The predicted molar refractivity (Wildman–Crippen MR) is 61.7 cm³/mol. The zero-order chi connectivity index (χ0) is 11.5. The fraction of sp³-hybridized carbons (Fsp3) is 0.0909. The van der Waals surface area contributed by atoms with Gasteiger partial charge in [0.2, 0.25) is 5.95 Å². The van der Waals surface area contributed by atoms with Gasteiger partial charge in [0.05, 0.1) is 6.20 Å². The Morgan fingerprint density at radius 3 is 2.94 bits per heavy atom. The number of aromatic nitrogens is 2. The topological polar surface area (TPSA) is 51.8 Å². The zero-order valence-electron chi connectivity index (χ0n) is 8.64.